The lowest BCUT2D eigenvalue weighted by molar-refractivity contribution is 0.0696. The van der Waals surface area contributed by atoms with Crippen LogP contribution < -0.4 is 5.32 Å². The van der Waals surface area contributed by atoms with Crippen molar-refractivity contribution in [2.45, 2.75) is 26.7 Å². The molecule has 5 nitrogen and oxygen atoms in total. The molecule has 1 aromatic heterocycles. The molecule has 1 heterocycles. The first-order chi connectivity index (χ1) is 8.07. The van der Waals surface area contributed by atoms with Gasteiger partial charge in [-0.3, -0.25) is 0 Å². The molecule has 0 fully saturated rings. The lowest BCUT2D eigenvalue weighted by atomic mass is 10.1. The summed E-state index contributed by atoms with van der Waals surface area (Å²) in [5, 5.41) is 19.8. The molecule has 0 amide bonds. The normalized spacial score (nSPS) is 9.71. The maximum absolute atomic E-state index is 11.1. The average molecular weight is 233 g/mol. The van der Waals surface area contributed by atoms with Crippen molar-refractivity contribution in [3.8, 4) is 12.3 Å². The van der Waals surface area contributed by atoms with Crippen molar-refractivity contribution in [1.82, 2.24) is 10.2 Å². The second-order valence-corrected chi connectivity index (χ2v) is 3.67. The fourth-order valence-corrected chi connectivity index (χ4v) is 1.39. The van der Waals surface area contributed by atoms with Crippen LogP contribution in [0, 0.1) is 26.2 Å². The van der Waals surface area contributed by atoms with Gasteiger partial charge in [-0.15, -0.1) is 17.4 Å². The van der Waals surface area contributed by atoms with Crippen LogP contribution in [0.5, 0.6) is 0 Å². The molecule has 0 bridgehead atoms. The Morgan fingerprint density at radius 2 is 2.18 bits per heavy atom. The number of aromatic carboxylic acids is 1. The molecule has 17 heavy (non-hydrogen) atoms. The Morgan fingerprint density at radius 1 is 1.47 bits per heavy atom. The van der Waals surface area contributed by atoms with Crippen molar-refractivity contribution >= 4 is 11.8 Å². The van der Waals surface area contributed by atoms with Gasteiger partial charge in [-0.2, -0.15) is 5.10 Å². The lowest BCUT2D eigenvalue weighted by Crippen LogP contribution is -2.13. The highest BCUT2D eigenvalue weighted by atomic mass is 16.4. The predicted octanol–water partition coefficient (Wildman–Crippen LogP) is 1.62. The minimum atomic E-state index is -1.00. The molecule has 1 aromatic rings. The Balaban J connectivity index is 2.88. The van der Waals surface area contributed by atoms with Crippen LogP contribution in [0.1, 0.15) is 34.5 Å². The maximum Gasteiger partial charge on any atom is 0.339 e. The summed E-state index contributed by atoms with van der Waals surface area (Å²) in [6.45, 7) is 4.04. The fraction of sp³-hybridized carbons (Fsp3) is 0.417. The van der Waals surface area contributed by atoms with E-state index in [1.54, 1.807) is 13.8 Å². The zero-order valence-corrected chi connectivity index (χ0v) is 9.95. The molecule has 0 spiro atoms. The van der Waals surface area contributed by atoms with Crippen molar-refractivity contribution in [2.24, 2.45) is 0 Å². The van der Waals surface area contributed by atoms with Crippen LogP contribution >= 0.6 is 0 Å². The van der Waals surface area contributed by atoms with Crippen LogP contribution in [0.25, 0.3) is 0 Å². The zero-order chi connectivity index (χ0) is 12.8. The smallest absolute Gasteiger partial charge is 0.339 e. The summed E-state index contributed by atoms with van der Waals surface area (Å²) in [6.07, 6.45) is 6.54. The first-order valence-corrected chi connectivity index (χ1v) is 5.32. The molecule has 0 radical (unpaired) electrons. The van der Waals surface area contributed by atoms with Crippen LogP contribution in [0.2, 0.25) is 0 Å². The molecule has 0 aliphatic rings. The third kappa shape index (κ3) is 3.18. The Labute approximate surface area is 100 Å². The molecule has 0 unspecified atom stereocenters. The molecule has 90 valence electrons. The second kappa shape index (κ2) is 5.85. The van der Waals surface area contributed by atoms with Gasteiger partial charge in [0.15, 0.2) is 5.82 Å². The van der Waals surface area contributed by atoms with E-state index in [9.17, 15) is 4.79 Å². The van der Waals surface area contributed by atoms with Gasteiger partial charge in [0.2, 0.25) is 0 Å². The minimum Gasteiger partial charge on any atom is -0.478 e. The number of hydrogen-bond donors (Lipinski definition) is 2. The Bertz CT molecular complexity index is 464. The van der Waals surface area contributed by atoms with E-state index in [-0.39, 0.29) is 5.56 Å². The van der Waals surface area contributed by atoms with Crippen LogP contribution in [0.3, 0.4) is 0 Å². The SMILES string of the molecule is C#CCCCNc1nnc(C)c(C)c1C(=O)O. The van der Waals surface area contributed by atoms with E-state index in [1.807, 2.05) is 0 Å². The second-order valence-electron chi connectivity index (χ2n) is 3.67. The quantitative estimate of drug-likeness (QED) is 0.597. The van der Waals surface area contributed by atoms with Crippen molar-refractivity contribution in [2.75, 3.05) is 11.9 Å². The fourth-order valence-electron chi connectivity index (χ4n) is 1.39. The summed E-state index contributed by atoms with van der Waals surface area (Å²) in [5.74, 6) is 1.82. The highest BCUT2D eigenvalue weighted by molar-refractivity contribution is 5.94. The first kappa shape index (κ1) is 13.0. The van der Waals surface area contributed by atoms with Crippen molar-refractivity contribution in [3.63, 3.8) is 0 Å². The molecule has 1 rings (SSSR count). The summed E-state index contributed by atoms with van der Waals surface area (Å²) in [6, 6.07) is 0. The molecule has 0 saturated carbocycles. The van der Waals surface area contributed by atoms with Gasteiger partial charge in [0, 0.05) is 13.0 Å². The van der Waals surface area contributed by atoms with Gasteiger partial charge in [-0.25, -0.2) is 4.79 Å². The predicted molar refractivity (Wildman–Crippen MR) is 65.0 cm³/mol. The van der Waals surface area contributed by atoms with Crippen LogP contribution in [-0.4, -0.2) is 27.8 Å². The number of carboxylic acids is 1. The molecular formula is C12H15N3O2. The summed E-state index contributed by atoms with van der Waals surface area (Å²) in [4.78, 5) is 11.1. The monoisotopic (exact) mass is 233 g/mol. The topological polar surface area (TPSA) is 75.1 Å². The van der Waals surface area contributed by atoms with Crippen LogP contribution in [-0.2, 0) is 0 Å². The van der Waals surface area contributed by atoms with E-state index < -0.39 is 5.97 Å². The van der Waals surface area contributed by atoms with Crippen molar-refractivity contribution in [3.05, 3.63) is 16.8 Å². The van der Waals surface area contributed by atoms with Crippen molar-refractivity contribution < 1.29 is 9.90 Å². The number of carboxylic acid groups (broad SMARTS) is 1. The Hall–Kier alpha value is -2.09. The molecule has 0 aliphatic heterocycles. The molecule has 2 N–H and O–H groups in total. The number of terminal acetylenes is 1. The number of hydrogen-bond acceptors (Lipinski definition) is 4. The van der Waals surface area contributed by atoms with E-state index in [4.69, 9.17) is 11.5 Å². The maximum atomic E-state index is 11.1. The number of anilines is 1. The number of rotatable bonds is 5. The van der Waals surface area contributed by atoms with Crippen LogP contribution in [0.4, 0.5) is 5.82 Å². The van der Waals surface area contributed by atoms with Gasteiger partial charge in [-0.1, -0.05) is 0 Å². The summed E-state index contributed by atoms with van der Waals surface area (Å²) in [7, 11) is 0. The first-order valence-electron chi connectivity index (χ1n) is 5.32. The van der Waals surface area contributed by atoms with Gasteiger partial charge in [0.05, 0.1) is 5.69 Å². The molecule has 0 atom stereocenters. The van der Waals surface area contributed by atoms with Crippen molar-refractivity contribution in [1.29, 1.82) is 0 Å². The number of unbranched alkanes of at least 4 members (excludes halogenated alkanes) is 1. The number of aromatic nitrogens is 2. The number of nitrogens with one attached hydrogen (secondary N) is 1. The van der Waals surface area contributed by atoms with Gasteiger partial charge in [0.25, 0.3) is 0 Å². The summed E-state index contributed by atoms with van der Waals surface area (Å²) >= 11 is 0. The van der Waals surface area contributed by atoms with E-state index >= 15 is 0 Å². The van der Waals surface area contributed by atoms with Gasteiger partial charge >= 0.3 is 5.97 Å². The third-order valence-corrected chi connectivity index (χ3v) is 2.46. The van der Waals surface area contributed by atoms with Gasteiger partial charge < -0.3 is 10.4 Å². The van der Waals surface area contributed by atoms with Gasteiger partial charge in [0.1, 0.15) is 5.56 Å². The van der Waals surface area contributed by atoms with E-state index in [2.05, 4.69) is 21.4 Å². The average Bonchev–Trinajstić information content (AvgIpc) is 2.28. The van der Waals surface area contributed by atoms with Crippen LogP contribution in [0.15, 0.2) is 0 Å². The summed E-state index contributed by atoms with van der Waals surface area (Å²) < 4.78 is 0. The molecular weight excluding hydrogens is 218 g/mol. The summed E-state index contributed by atoms with van der Waals surface area (Å²) in [5.41, 5.74) is 1.43. The van der Waals surface area contributed by atoms with Gasteiger partial charge in [-0.05, 0) is 25.8 Å². The minimum absolute atomic E-state index is 0.179. The molecule has 0 aromatic carbocycles. The van der Waals surface area contributed by atoms with E-state index in [1.165, 1.54) is 0 Å². The lowest BCUT2D eigenvalue weighted by Gasteiger charge is -2.10. The highest BCUT2D eigenvalue weighted by Crippen LogP contribution is 2.18. The molecule has 0 saturated heterocycles. The zero-order valence-electron chi connectivity index (χ0n) is 9.95. The third-order valence-electron chi connectivity index (χ3n) is 2.46. The standard InChI is InChI=1S/C12H15N3O2/c1-4-5-6-7-13-11-10(12(16)17)8(2)9(3)14-15-11/h1H,5-7H2,2-3H3,(H,13,15)(H,16,17). The van der Waals surface area contributed by atoms with E-state index in [0.29, 0.717) is 30.0 Å². The number of nitrogens with zero attached hydrogens (tertiary/aromatic N) is 2. The van der Waals surface area contributed by atoms with E-state index in [0.717, 1.165) is 6.42 Å². The Morgan fingerprint density at radius 3 is 2.76 bits per heavy atom. The number of carbonyl (C=O) groups is 1. The number of aryl methyl sites for hydroxylation is 1. The largest absolute Gasteiger partial charge is 0.478 e. The highest BCUT2D eigenvalue weighted by Gasteiger charge is 2.16. The molecule has 5 heteroatoms. The Kier molecular flexibility index (Phi) is 4.46. The molecule has 0 aliphatic carbocycles.